The van der Waals surface area contributed by atoms with Gasteiger partial charge in [-0.05, 0) is 36.0 Å². The third kappa shape index (κ3) is 5.41. The quantitative estimate of drug-likeness (QED) is 0.837. The lowest BCUT2D eigenvalue weighted by Gasteiger charge is -2.26. The number of amides is 1. The van der Waals surface area contributed by atoms with E-state index < -0.39 is 0 Å². The van der Waals surface area contributed by atoms with Crippen molar-refractivity contribution in [2.24, 2.45) is 11.8 Å². The van der Waals surface area contributed by atoms with Crippen LogP contribution in [0.2, 0.25) is 0 Å². The summed E-state index contributed by atoms with van der Waals surface area (Å²) in [5.41, 5.74) is 0.988. The van der Waals surface area contributed by atoms with Crippen molar-refractivity contribution in [1.82, 2.24) is 5.32 Å². The largest absolute Gasteiger partial charge is 0.353 e. The first-order valence-electron chi connectivity index (χ1n) is 6.94. The van der Waals surface area contributed by atoms with Gasteiger partial charge in [-0.25, -0.2) is 4.39 Å². The Labute approximate surface area is 115 Å². The third-order valence-corrected chi connectivity index (χ3v) is 3.32. The van der Waals surface area contributed by atoms with Crippen molar-refractivity contribution in [3.05, 3.63) is 35.6 Å². The summed E-state index contributed by atoms with van der Waals surface area (Å²) in [4.78, 5) is 11.9. The smallest absolute Gasteiger partial charge is 0.220 e. The van der Waals surface area contributed by atoms with Crippen LogP contribution in [-0.4, -0.2) is 11.9 Å². The van der Waals surface area contributed by atoms with Crippen LogP contribution in [0.3, 0.4) is 0 Å². The number of benzene rings is 1. The van der Waals surface area contributed by atoms with Crippen LogP contribution in [0.15, 0.2) is 24.3 Å². The second-order valence-corrected chi connectivity index (χ2v) is 5.71. The molecule has 106 valence electrons. The Kier molecular flexibility index (Phi) is 6.00. The molecule has 0 aliphatic heterocycles. The van der Waals surface area contributed by atoms with Gasteiger partial charge >= 0.3 is 0 Å². The molecule has 1 aromatic carbocycles. The first kappa shape index (κ1) is 15.7. The Balaban J connectivity index is 2.45. The Bertz CT molecular complexity index is 390. The molecule has 0 unspecified atom stereocenters. The number of nitrogens with one attached hydrogen (secondary N) is 1. The van der Waals surface area contributed by atoms with E-state index in [0.717, 1.165) is 5.56 Å². The highest BCUT2D eigenvalue weighted by atomic mass is 19.1. The number of rotatable bonds is 6. The van der Waals surface area contributed by atoms with Crippen LogP contribution >= 0.6 is 0 Å². The van der Waals surface area contributed by atoms with Crippen LogP contribution in [0.1, 0.15) is 39.7 Å². The summed E-state index contributed by atoms with van der Waals surface area (Å²) in [6.45, 7) is 8.46. The molecule has 0 aliphatic rings. The van der Waals surface area contributed by atoms with Gasteiger partial charge in [0.15, 0.2) is 0 Å². The van der Waals surface area contributed by atoms with Crippen LogP contribution in [0, 0.1) is 17.7 Å². The number of carbonyl (C=O) groups is 1. The zero-order valence-electron chi connectivity index (χ0n) is 12.2. The Morgan fingerprint density at radius 3 is 2.11 bits per heavy atom. The van der Waals surface area contributed by atoms with E-state index in [-0.39, 0.29) is 17.8 Å². The van der Waals surface area contributed by atoms with Gasteiger partial charge in [0.2, 0.25) is 5.91 Å². The highest BCUT2D eigenvalue weighted by Gasteiger charge is 2.19. The van der Waals surface area contributed by atoms with Gasteiger partial charge in [0.25, 0.3) is 0 Å². The zero-order valence-corrected chi connectivity index (χ0v) is 12.2. The molecule has 0 heterocycles. The molecule has 0 saturated heterocycles. The maximum Gasteiger partial charge on any atom is 0.220 e. The molecule has 19 heavy (non-hydrogen) atoms. The van der Waals surface area contributed by atoms with Gasteiger partial charge in [-0.3, -0.25) is 4.79 Å². The van der Waals surface area contributed by atoms with Crippen LogP contribution in [0.5, 0.6) is 0 Å². The molecule has 1 amide bonds. The SMILES string of the molecule is CC(C)C(NC(=O)CCc1ccc(F)cc1)C(C)C. The van der Waals surface area contributed by atoms with E-state index in [0.29, 0.717) is 24.7 Å². The molecule has 1 N–H and O–H groups in total. The minimum absolute atomic E-state index is 0.0664. The van der Waals surface area contributed by atoms with Gasteiger partial charge in [-0.15, -0.1) is 0 Å². The number of hydrogen-bond donors (Lipinski definition) is 1. The Morgan fingerprint density at radius 2 is 1.63 bits per heavy atom. The van der Waals surface area contributed by atoms with Gasteiger partial charge in [-0.1, -0.05) is 39.8 Å². The topological polar surface area (TPSA) is 29.1 Å². The second kappa shape index (κ2) is 7.27. The summed E-state index contributed by atoms with van der Waals surface area (Å²) >= 11 is 0. The van der Waals surface area contributed by atoms with E-state index in [2.05, 4.69) is 33.0 Å². The summed E-state index contributed by atoms with van der Waals surface area (Å²) < 4.78 is 12.8. The summed E-state index contributed by atoms with van der Waals surface area (Å²) in [6, 6.07) is 6.52. The molecule has 0 fully saturated rings. The number of hydrogen-bond acceptors (Lipinski definition) is 1. The monoisotopic (exact) mass is 265 g/mol. The third-order valence-electron chi connectivity index (χ3n) is 3.32. The standard InChI is InChI=1S/C16H24FNO/c1-11(2)16(12(3)4)18-15(19)10-7-13-5-8-14(17)9-6-13/h5-6,8-9,11-12,16H,7,10H2,1-4H3,(H,18,19). The predicted octanol–water partition coefficient (Wildman–Crippen LogP) is 3.56. The lowest BCUT2D eigenvalue weighted by molar-refractivity contribution is -0.122. The fourth-order valence-electron chi connectivity index (χ4n) is 2.27. The summed E-state index contributed by atoms with van der Waals surface area (Å²) in [6.07, 6.45) is 1.09. The molecule has 2 nitrogen and oxygen atoms in total. The molecule has 1 rings (SSSR count). The molecule has 0 aromatic heterocycles. The maximum atomic E-state index is 12.8. The molecule has 1 aromatic rings. The number of halogens is 1. The van der Waals surface area contributed by atoms with Crippen LogP contribution in [0.4, 0.5) is 4.39 Å². The minimum Gasteiger partial charge on any atom is -0.353 e. The van der Waals surface area contributed by atoms with Gasteiger partial charge < -0.3 is 5.32 Å². The lowest BCUT2D eigenvalue weighted by Crippen LogP contribution is -2.42. The summed E-state index contributed by atoms with van der Waals surface area (Å²) in [7, 11) is 0. The van der Waals surface area contributed by atoms with Crippen molar-refractivity contribution in [3.63, 3.8) is 0 Å². The van der Waals surface area contributed by atoms with Crippen molar-refractivity contribution < 1.29 is 9.18 Å². The van der Waals surface area contributed by atoms with E-state index in [1.165, 1.54) is 12.1 Å². The van der Waals surface area contributed by atoms with Gasteiger partial charge in [0, 0.05) is 12.5 Å². The zero-order chi connectivity index (χ0) is 14.4. The predicted molar refractivity (Wildman–Crippen MR) is 76.3 cm³/mol. The molecule has 0 radical (unpaired) electrons. The molecular formula is C16H24FNO. The van der Waals surface area contributed by atoms with Crippen LogP contribution in [0.25, 0.3) is 0 Å². The van der Waals surface area contributed by atoms with Crippen molar-refractivity contribution in [1.29, 1.82) is 0 Å². The first-order chi connectivity index (χ1) is 8.90. The fraction of sp³-hybridized carbons (Fsp3) is 0.562. The molecule has 0 spiro atoms. The van der Waals surface area contributed by atoms with E-state index >= 15 is 0 Å². The van der Waals surface area contributed by atoms with E-state index in [1.807, 2.05) is 0 Å². The second-order valence-electron chi connectivity index (χ2n) is 5.71. The van der Waals surface area contributed by atoms with Crippen LogP contribution in [-0.2, 0) is 11.2 Å². The molecule has 0 bridgehead atoms. The van der Waals surface area contributed by atoms with Gasteiger partial charge in [-0.2, -0.15) is 0 Å². The Hall–Kier alpha value is -1.38. The van der Waals surface area contributed by atoms with Crippen molar-refractivity contribution >= 4 is 5.91 Å². The van der Waals surface area contributed by atoms with E-state index in [4.69, 9.17) is 0 Å². The van der Waals surface area contributed by atoms with Crippen molar-refractivity contribution in [2.45, 2.75) is 46.6 Å². The number of carbonyl (C=O) groups excluding carboxylic acids is 1. The lowest BCUT2D eigenvalue weighted by atomic mass is 9.93. The first-order valence-corrected chi connectivity index (χ1v) is 6.94. The normalized spacial score (nSPS) is 11.4. The summed E-state index contributed by atoms with van der Waals surface area (Å²) in [5, 5.41) is 3.08. The highest BCUT2D eigenvalue weighted by molar-refractivity contribution is 5.76. The van der Waals surface area contributed by atoms with E-state index in [1.54, 1.807) is 12.1 Å². The molecule has 3 heteroatoms. The van der Waals surface area contributed by atoms with Crippen molar-refractivity contribution in [3.8, 4) is 0 Å². The number of aryl methyl sites for hydroxylation is 1. The highest BCUT2D eigenvalue weighted by Crippen LogP contribution is 2.12. The molecule has 0 aliphatic carbocycles. The van der Waals surface area contributed by atoms with Crippen LogP contribution < -0.4 is 5.32 Å². The van der Waals surface area contributed by atoms with Crippen molar-refractivity contribution in [2.75, 3.05) is 0 Å². The molecule has 0 saturated carbocycles. The van der Waals surface area contributed by atoms with Gasteiger partial charge in [0.1, 0.15) is 5.82 Å². The molecule has 0 atom stereocenters. The van der Waals surface area contributed by atoms with Gasteiger partial charge in [0.05, 0.1) is 0 Å². The minimum atomic E-state index is -0.243. The fourth-order valence-corrected chi connectivity index (χ4v) is 2.27. The Morgan fingerprint density at radius 1 is 1.11 bits per heavy atom. The van der Waals surface area contributed by atoms with E-state index in [9.17, 15) is 9.18 Å². The maximum absolute atomic E-state index is 12.8. The summed E-state index contributed by atoms with van der Waals surface area (Å²) in [5.74, 6) is 0.675. The molecular weight excluding hydrogens is 241 g/mol. The average Bonchev–Trinajstić information content (AvgIpc) is 2.34. The average molecular weight is 265 g/mol.